The largest absolute Gasteiger partial charge is 0.478 e. The second kappa shape index (κ2) is 7.39. The number of fused-ring (bicyclic) bond motifs is 1. The highest BCUT2D eigenvalue weighted by atomic mass is 16.4. The molecule has 2 amide bonds. The Morgan fingerprint density at radius 1 is 1.10 bits per heavy atom. The van der Waals surface area contributed by atoms with Gasteiger partial charge in [0.25, 0.3) is 0 Å². The zero-order valence-corrected chi connectivity index (χ0v) is 16.9. The van der Waals surface area contributed by atoms with Gasteiger partial charge in [0.2, 0.25) is 0 Å². The summed E-state index contributed by atoms with van der Waals surface area (Å²) in [5.41, 5.74) is 2.58. The van der Waals surface area contributed by atoms with Gasteiger partial charge in [-0.2, -0.15) is 0 Å². The summed E-state index contributed by atoms with van der Waals surface area (Å²) < 4.78 is 0. The highest BCUT2D eigenvalue weighted by molar-refractivity contribution is 5.87. The van der Waals surface area contributed by atoms with Crippen molar-refractivity contribution in [2.75, 3.05) is 38.6 Å². The van der Waals surface area contributed by atoms with Crippen LogP contribution in [-0.4, -0.2) is 65.6 Å². The number of carbonyl (C=O) groups excluding carboxylic acids is 1. The van der Waals surface area contributed by atoms with Gasteiger partial charge in [-0.3, -0.25) is 0 Å². The van der Waals surface area contributed by atoms with E-state index in [1.807, 2.05) is 17.0 Å². The molecule has 2 fully saturated rings. The molecule has 152 valence electrons. The summed E-state index contributed by atoms with van der Waals surface area (Å²) in [6.07, 6.45) is 1.41. The molecular formula is C22H26N4O3. The van der Waals surface area contributed by atoms with Crippen LogP contribution >= 0.6 is 0 Å². The Hall–Kier alpha value is -3.09. The molecule has 0 saturated carbocycles. The molecule has 7 heteroatoms. The first-order valence-electron chi connectivity index (χ1n) is 9.84. The average molecular weight is 394 g/mol. The van der Waals surface area contributed by atoms with E-state index in [1.54, 1.807) is 31.1 Å². The maximum Gasteiger partial charge on any atom is 0.337 e. The van der Waals surface area contributed by atoms with Crippen molar-refractivity contribution in [3.63, 3.8) is 0 Å². The minimum atomic E-state index is -0.972. The van der Waals surface area contributed by atoms with E-state index in [9.17, 15) is 9.59 Å². The Bertz CT molecular complexity index is 928. The zero-order chi connectivity index (χ0) is 20.7. The van der Waals surface area contributed by atoms with Gasteiger partial charge in [0.05, 0.1) is 11.6 Å². The topological polar surface area (TPSA) is 77.0 Å². The summed E-state index contributed by atoms with van der Waals surface area (Å²) in [5, 5.41) is 9.09. The molecule has 2 aliphatic rings. The van der Waals surface area contributed by atoms with Gasteiger partial charge in [0.15, 0.2) is 0 Å². The fourth-order valence-electron chi connectivity index (χ4n) is 4.70. The van der Waals surface area contributed by atoms with Gasteiger partial charge in [0.1, 0.15) is 5.82 Å². The molecule has 1 N–H and O–H groups in total. The fourth-order valence-corrected chi connectivity index (χ4v) is 4.70. The Balaban J connectivity index is 1.63. The first kappa shape index (κ1) is 19.2. The molecule has 2 aromatic rings. The number of anilines is 1. The van der Waals surface area contributed by atoms with Crippen molar-refractivity contribution in [3.05, 3.63) is 59.3 Å². The van der Waals surface area contributed by atoms with Crippen LogP contribution in [0.25, 0.3) is 0 Å². The quantitative estimate of drug-likeness (QED) is 0.866. The van der Waals surface area contributed by atoms with Crippen molar-refractivity contribution in [1.82, 2.24) is 14.8 Å². The van der Waals surface area contributed by atoms with Gasteiger partial charge in [-0.1, -0.05) is 24.3 Å². The van der Waals surface area contributed by atoms with Gasteiger partial charge in [-0.05, 0) is 30.2 Å². The number of benzene rings is 1. The number of aromatic carboxylic acids is 1. The van der Waals surface area contributed by atoms with Gasteiger partial charge >= 0.3 is 12.0 Å². The average Bonchev–Trinajstić information content (AvgIpc) is 3.26. The molecule has 4 rings (SSSR count). The molecule has 3 atom stereocenters. The molecule has 3 heterocycles. The van der Waals surface area contributed by atoms with E-state index < -0.39 is 5.97 Å². The van der Waals surface area contributed by atoms with Crippen molar-refractivity contribution in [3.8, 4) is 0 Å². The lowest BCUT2D eigenvalue weighted by Crippen LogP contribution is -2.41. The van der Waals surface area contributed by atoms with E-state index in [0.717, 1.165) is 18.9 Å². The SMILES string of the molecule is Cc1ccccc1[C@H]1[C@@H]2CN(c3ccc(C(=O)O)cn3)C[C@@H]2CN1C(=O)N(C)C. The third-order valence-electron chi connectivity index (χ3n) is 6.12. The van der Waals surface area contributed by atoms with Crippen LogP contribution in [0, 0.1) is 18.8 Å². The second-order valence-electron chi connectivity index (χ2n) is 8.17. The summed E-state index contributed by atoms with van der Waals surface area (Å²) in [5.74, 6) is 0.476. The highest BCUT2D eigenvalue weighted by Gasteiger charge is 2.50. The van der Waals surface area contributed by atoms with Crippen molar-refractivity contribution >= 4 is 17.8 Å². The summed E-state index contributed by atoms with van der Waals surface area (Å²) >= 11 is 0. The molecule has 2 aliphatic heterocycles. The molecule has 1 aromatic carbocycles. The highest BCUT2D eigenvalue weighted by Crippen LogP contribution is 2.46. The van der Waals surface area contributed by atoms with Crippen molar-refractivity contribution in [1.29, 1.82) is 0 Å². The minimum Gasteiger partial charge on any atom is -0.478 e. The first-order chi connectivity index (χ1) is 13.9. The Labute approximate surface area is 170 Å². The third kappa shape index (κ3) is 3.41. The van der Waals surface area contributed by atoms with Crippen LogP contribution in [0.5, 0.6) is 0 Å². The summed E-state index contributed by atoms with van der Waals surface area (Å²) in [6, 6.07) is 11.7. The third-order valence-corrected chi connectivity index (χ3v) is 6.12. The zero-order valence-electron chi connectivity index (χ0n) is 16.9. The maximum absolute atomic E-state index is 12.9. The van der Waals surface area contributed by atoms with E-state index in [1.165, 1.54) is 17.3 Å². The Kier molecular flexibility index (Phi) is 4.90. The van der Waals surface area contributed by atoms with E-state index in [0.29, 0.717) is 18.4 Å². The number of aryl methyl sites for hydroxylation is 1. The number of carboxylic acids is 1. The number of aromatic nitrogens is 1. The van der Waals surface area contributed by atoms with E-state index in [-0.39, 0.29) is 17.6 Å². The van der Waals surface area contributed by atoms with E-state index >= 15 is 0 Å². The normalized spacial score (nSPS) is 23.2. The predicted octanol–water partition coefficient (Wildman–Crippen LogP) is 2.88. The molecule has 2 saturated heterocycles. The summed E-state index contributed by atoms with van der Waals surface area (Å²) in [4.78, 5) is 34.2. The van der Waals surface area contributed by atoms with E-state index in [2.05, 4.69) is 28.9 Å². The van der Waals surface area contributed by atoms with Crippen LogP contribution in [0.1, 0.15) is 27.5 Å². The number of hydrogen-bond donors (Lipinski definition) is 1. The summed E-state index contributed by atoms with van der Waals surface area (Å²) in [7, 11) is 3.59. The number of rotatable bonds is 3. The van der Waals surface area contributed by atoms with Gasteiger partial charge in [-0.25, -0.2) is 14.6 Å². The number of nitrogens with zero attached hydrogens (tertiary/aromatic N) is 4. The maximum atomic E-state index is 12.9. The molecule has 0 aliphatic carbocycles. The molecule has 1 aromatic heterocycles. The van der Waals surface area contributed by atoms with Crippen LogP contribution in [0.2, 0.25) is 0 Å². The van der Waals surface area contributed by atoms with Crippen LogP contribution < -0.4 is 4.90 Å². The minimum absolute atomic E-state index is 0.0272. The fraction of sp³-hybridized carbons (Fsp3) is 0.409. The predicted molar refractivity (Wildman–Crippen MR) is 110 cm³/mol. The molecule has 0 radical (unpaired) electrons. The van der Waals surface area contributed by atoms with Crippen molar-refractivity contribution in [2.45, 2.75) is 13.0 Å². The van der Waals surface area contributed by atoms with Crippen LogP contribution in [-0.2, 0) is 0 Å². The Morgan fingerprint density at radius 2 is 1.86 bits per heavy atom. The Morgan fingerprint density at radius 3 is 2.48 bits per heavy atom. The monoisotopic (exact) mass is 394 g/mol. The smallest absolute Gasteiger partial charge is 0.337 e. The number of urea groups is 1. The van der Waals surface area contributed by atoms with Crippen molar-refractivity contribution < 1.29 is 14.7 Å². The lowest BCUT2D eigenvalue weighted by Gasteiger charge is -2.32. The molecule has 29 heavy (non-hydrogen) atoms. The van der Waals surface area contributed by atoms with Gasteiger partial charge < -0.3 is 19.8 Å². The number of pyridine rings is 1. The van der Waals surface area contributed by atoms with Gasteiger partial charge in [-0.15, -0.1) is 0 Å². The second-order valence-corrected chi connectivity index (χ2v) is 8.17. The van der Waals surface area contributed by atoms with Crippen LogP contribution in [0.15, 0.2) is 42.6 Å². The number of hydrogen-bond acceptors (Lipinski definition) is 4. The molecule has 7 nitrogen and oxygen atoms in total. The molecule has 0 bridgehead atoms. The van der Waals surface area contributed by atoms with Crippen LogP contribution in [0.4, 0.5) is 10.6 Å². The first-order valence-corrected chi connectivity index (χ1v) is 9.84. The number of likely N-dealkylation sites (tertiary alicyclic amines) is 1. The number of amides is 2. The number of carboxylic acid groups (broad SMARTS) is 1. The number of carbonyl (C=O) groups is 2. The summed E-state index contributed by atoms with van der Waals surface area (Å²) in [6.45, 7) is 4.41. The van der Waals surface area contributed by atoms with Crippen LogP contribution in [0.3, 0.4) is 0 Å². The van der Waals surface area contributed by atoms with Gasteiger partial charge in [0, 0.05) is 51.8 Å². The van der Waals surface area contributed by atoms with E-state index in [4.69, 9.17) is 5.11 Å². The molecular weight excluding hydrogens is 368 g/mol. The van der Waals surface area contributed by atoms with Crippen molar-refractivity contribution in [2.24, 2.45) is 11.8 Å². The molecule has 0 spiro atoms. The lowest BCUT2D eigenvalue weighted by atomic mass is 9.88. The lowest BCUT2D eigenvalue weighted by molar-refractivity contribution is 0.0696. The molecule has 0 unspecified atom stereocenters. The standard InChI is InChI=1S/C22H26N4O3/c1-14-6-4-5-7-17(14)20-18-13-25(19-9-8-15(10-23-19)21(27)28)11-16(18)12-26(20)22(29)24(2)3/h4-10,16,18,20H,11-13H2,1-3H3,(H,27,28)/t16-,18-,20+/m1/s1.